The molecule has 0 amide bonds. The average Bonchev–Trinajstić information content (AvgIpc) is 2.37. The van der Waals surface area contributed by atoms with Crippen LogP contribution in [0.2, 0.25) is 5.02 Å². The van der Waals surface area contributed by atoms with Crippen LogP contribution >= 0.6 is 11.6 Å². The highest BCUT2D eigenvalue weighted by Gasteiger charge is 2.18. The first kappa shape index (κ1) is 15.5. The zero-order valence-corrected chi connectivity index (χ0v) is 13.1. The Morgan fingerprint density at radius 1 is 1.19 bits per heavy atom. The highest BCUT2D eigenvalue weighted by Crippen LogP contribution is 2.28. The summed E-state index contributed by atoms with van der Waals surface area (Å²) < 4.78 is 32.1. The predicted octanol–water partition coefficient (Wildman–Crippen LogP) is 3.04. The summed E-state index contributed by atoms with van der Waals surface area (Å²) in [6, 6.07) is 9.38. The van der Waals surface area contributed by atoms with Crippen molar-refractivity contribution in [3.05, 3.63) is 47.0 Å². The van der Waals surface area contributed by atoms with Gasteiger partial charge in [0.1, 0.15) is 10.6 Å². The van der Waals surface area contributed by atoms with Gasteiger partial charge in [-0.3, -0.25) is 4.72 Å². The summed E-state index contributed by atoms with van der Waals surface area (Å²) in [5, 5.41) is 0.170. The van der Waals surface area contributed by atoms with Gasteiger partial charge in [0.15, 0.2) is 0 Å². The van der Waals surface area contributed by atoms with Crippen molar-refractivity contribution in [2.24, 2.45) is 0 Å². The summed E-state index contributed by atoms with van der Waals surface area (Å²) in [6.07, 6.45) is 0. The lowest BCUT2D eigenvalue weighted by Crippen LogP contribution is -2.13. The van der Waals surface area contributed by atoms with Crippen LogP contribution in [0.1, 0.15) is 5.56 Å². The molecule has 0 aliphatic carbocycles. The normalized spacial score (nSPS) is 11.2. The van der Waals surface area contributed by atoms with Gasteiger partial charge in [-0.25, -0.2) is 8.42 Å². The number of sulfonamides is 1. The number of nitrogens with one attached hydrogen (secondary N) is 1. The topological polar surface area (TPSA) is 81.4 Å². The molecule has 0 radical (unpaired) electrons. The van der Waals surface area contributed by atoms with Crippen molar-refractivity contribution >= 4 is 33.0 Å². The second-order valence-corrected chi connectivity index (χ2v) is 6.55. The van der Waals surface area contributed by atoms with Gasteiger partial charge < -0.3 is 10.5 Å². The van der Waals surface area contributed by atoms with Gasteiger partial charge in [0.25, 0.3) is 10.0 Å². The first-order valence-corrected chi connectivity index (χ1v) is 7.92. The number of anilines is 2. The Balaban J connectivity index is 2.35. The molecule has 0 saturated heterocycles. The fourth-order valence-corrected chi connectivity index (χ4v) is 3.48. The van der Waals surface area contributed by atoms with Crippen molar-refractivity contribution in [2.75, 3.05) is 17.6 Å². The van der Waals surface area contributed by atoms with Crippen molar-refractivity contribution in [2.45, 2.75) is 11.8 Å². The van der Waals surface area contributed by atoms with Gasteiger partial charge in [-0.15, -0.1) is 0 Å². The number of ether oxygens (including phenoxy) is 1. The Labute approximate surface area is 128 Å². The van der Waals surface area contributed by atoms with E-state index >= 15 is 0 Å². The molecule has 0 aromatic heterocycles. The third kappa shape index (κ3) is 3.40. The van der Waals surface area contributed by atoms with Crippen molar-refractivity contribution in [1.82, 2.24) is 0 Å². The fraction of sp³-hybridized carbons (Fsp3) is 0.143. The number of rotatable bonds is 4. The molecule has 0 aliphatic heterocycles. The lowest BCUT2D eigenvalue weighted by atomic mass is 10.2. The van der Waals surface area contributed by atoms with Gasteiger partial charge in [-0.2, -0.15) is 0 Å². The van der Waals surface area contributed by atoms with Gasteiger partial charge in [-0.05, 0) is 42.8 Å². The molecule has 7 heteroatoms. The van der Waals surface area contributed by atoms with Gasteiger partial charge in [-0.1, -0.05) is 17.7 Å². The SMILES string of the molecule is COc1ccc(NS(=O)(=O)c2ccc(C)cc2Cl)cc1N. The van der Waals surface area contributed by atoms with Crippen LogP contribution in [0.15, 0.2) is 41.3 Å². The highest BCUT2D eigenvalue weighted by molar-refractivity contribution is 7.92. The summed E-state index contributed by atoms with van der Waals surface area (Å²) >= 11 is 6.00. The van der Waals surface area contributed by atoms with Crippen molar-refractivity contribution in [1.29, 1.82) is 0 Å². The van der Waals surface area contributed by atoms with E-state index in [-0.39, 0.29) is 9.92 Å². The molecule has 112 valence electrons. The smallest absolute Gasteiger partial charge is 0.263 e. The zero-order valence-electron chi connectivity index (χ0n) is 11.6. The molecule has 0 unspecified atom stereocenters. The molecule has 2 rings (SSSR count). The van der Waals surface area contributed by atoms with Crippen molar-refractivity contribution < 1.29 is 13.2 Å². The van der Waals surface area contributed by atoms with Crippen LogP contribution in [-0.2, 0) is 10.0 Å². The van der Waals surface area contributed by atoms with E-state index in [2.05, 4.69) is 4.72 Å². The summed E-state index contributed by atoms with van der Waals surface area (Å²) in [4.78, 5) is 0.0177. The zero-order chi connectivity index (χ0) is 15.6. The van der Waals surface area contributed by atoms with E-state index in [4.69, 9.17) is 22.1 Å². The van der Waals surface area contributed by atoms with E-state index in [1.54, 1.807) is 24.3 Å². The van der Waals surface area contributed by atoms with Crippen molar-refractivity contribution in [3.63, 3.8) is 0 Å². The Bertz CT molecular complexity index is 776. The molecule has 0 spiro atoms. The molecular weight excluding hydrogens is 312 g/mol. The van der Waals surface area contributed by atoms with Crippen LogP contribution in [0.5, 0.6) is 5.75 Å². The van der Waals surface area contributed by atoms with Gasteiger partial charge in [0.05, 0.1) is 23.5 Å². The van der Waals surface area contributed by atoms with Gasteiger partial charge in [0.2, 0.25) is 0 Å². The first-order valence-electron chi connectivity index (χ1n) is 6.06. The molecule has 0 aliphatic rings. The van der Waals surface area contributed by atoms with E-state index in [0.717, 1.165) is 5.56 Å². The largest absolute Gasteiger partial charge is 0.495 e. The van der Waals surface area contributed by atoms with Crippen LogP contribution in [0.3, 0.4) is 0 Å². The molecule has 21 heavy (non-hydrogen) atoms. The van der Waals surface area contributed by atoms with E-state index in [9.17, 15) is 8.42 Å². The number of benzene rings is 2. The minimum Gasteiger partial charge on any atom is -0.495 e. The molecule has 3 N–H and O–H groups in total. The molecule has 0 saturated carbocycles. The number of nitrogens with two attached hydrogens (primary N) is 1. The Kier molecular flexibility index (Phi) is 4.29. The number of aryl methyl sites for hydroxylation is 1. The highest BCUT2D eigenvalue weighted by atomic mass is 35.5. The average molecular weight is 327 g/mol. The number of hydrogen-bond donors (Lipinski definition) is 2. The Morgan fingerprint density at radius 3 is 2.48 bits per heavy atom. The minimum absolute atomic E-state index is 0.0177. The van der Waals surface area contributed by atoms with E-state index in [1.807, 2.05) is 6.92 Å². The molecule has 0 atom stereocenters. The molecule has 0 heterocycles. The lowest BCUT2D eigenvalue weighted by molar-refractivity contribution is 0.417. The molecular formula is C14H15ClN2O3S. The van der Waals surface area contributed by atoms with Gasteiger partial charge in [0, 0.05) is 0 Å². The fourth-order valence-electron chi connectivity index (χ4n) is 1.83. The van der Waals surface area contributed by atoms with E-state index in [1.165, 1.54) is 19.2 Å². The quantitative estimate of drug-likeness (QED) is 0.846. The summed E-state index contributed by atoms with van der Waals surface area (Å²) in [5.41, 5.74) is 7.31. The third-order valence-electron chi connectivity index (χ3n) is 2.86. The minimum atomic E-state index is -3.78. The maximum Gasteiger partial charge on any atom is 0.263 e. The summed E-state index contributed by atoms with van der Waals surface area (Å²) in [6.45, 7) is 1.83. The first-order chi connectivity index (χ1) is 9.83. The Hall–Kier alpha value is -1.92. The second-order valence-electron chi connectivity index (χ2n) is 4.50. The molecule has 5 nitrogen and oxygen atoms in total. The second kappa shape index (κ2) is 5.83. The summed E-state index contributed by atoms with van der Waals surface area (Å²) in [5.74, 6) is 0.478. The number of nitrogen functional groups attached to an aromatic ring is 1. The maximum atomic E-state index is 12.3. The van der Waals surface area contributed by atoms with Crippen LogP contribution in [0.25, 0.3) is 0 Å². The van der Waals surface area contributed by atoms with E-state index in [0.29, 0.717) is 17.1 Å². The third-order valence-corrected chi connectivity index (χ3v) is 4.72. The van der Waals surface area contributed by atoms with Crippen LogP contribution in [0.4, 0.5) is 11.4 Å². The predicted molar refractivity (Wildman–Crippen MR) is 84.4 cm³/mol. The van der Waals surface area contributed by atoms with Crippen molar-refractivity contribution in [3.8, 4) is 5.75 Å². The summed E-state index contributed by atoms with van der Waals surface area (Å²) in [7, 11) is -2.29. The van der Waals surface area contributed by atoms with Crippen LogP contribution < -0.4 is 15.2 Å². The number of methoxy groups -OCH3 is 1. The molecule has 2 aromatic carbocycles. The Morgan fingerprint density at radius 2 is 1.90 bits per heavy atom. The molecule has 2 aromatic rings. The molecule has 0 bridgehead atoms. The van der Waals surface area contributed by atoms with E-state index < -0.39 is 10.0 Å². The monoisotopic (exact) mass is 326 g/mol. The standard InChI is InChI=1S/C14H15ClN2O3S/c1-9-3-6-14(11(15)7-9)21(18,19)17-10-4-5-13(20-2)12(16)8-10/h3-8,17H,16H2,1-2H3. The maximum absolute atomic E-state index is 12.3. The van der Waals surface area contributed by atoms with Gasteiger partial charge >= 0.3 is 0 Å². The molecule has 0 fully saturated rings. The number of halogens is 1. The lowest BCUT2D eigenvalue weighted by Gasteiger charge is -2.11. The number of hydrogen-bond acceptors (Lipinski definition) is 4. The van der Waals surface area contributed by atoms with Crippen LogP contribution in [0, 0.1) is 6.92 Å². The van der Waals surface area contributed by atoms with Crippen LogP contribution in [-0.4, -0.2) is 15.5 Å².